The zero-order valence-electron chi connectivity index (χ0n) is 34.1. The SMILES string of the molecule is Cc1cc(C)c(N2CN(c3cccc(-n4c5cc(-c6nc7ccccc7n6C)ccc5c5ccc6c7ccccc7n(-c7ccccc7)c6c54)c3)c3ccccc32)c(C)c1. The molecule has 1 aliphatic heterocycles. The molecule has 0 spiro atoms. The highest BCUT2D eigenvalue weighted by atomic mass is 15.4. The first-order valence-electron chi connectivity index (χ1n) is 20.7. The highest BCUT2D eigenvalue weighted by Crippen LogP contribution is 2.47. The second-order valence-corrected chi connectivity index (χ2v) is 16.3. The van der Waals surface area contributed by atoms with Crippen LogP contribution in [0.25, 0.3) is 77.4 Å². The molecule has 0 bridgehead atoms. The molecule has 0 amide bonds. The molecule has 0 radical (unpaired) electrons. The highest BCUT2D eigenvalue weighted by molar-refractivity contribution is 6.24. The molecule has 11 aromatic rings. The van der Waals surface area contributed by atoms with Gasteiger partial charge in [-0.15, -0.1) is 0 Å². The molecule has 60 heavy (non-hydrogen) atoms. The Morgan fingerprint density at radius 1 is 0.450 bits per heavy atom. The van der Waals surface area contributed by atoms with E-state index in [1.165, 1.54) is 71.8 Å². The van der Waals surface area contributed by atoms with Gasteiger partial charge < -0.3 is 23.5 Å². The quantitative estimate of drug-likeness (QED) is 0.175. The van der Waals surface area contributed by atoms with Crippen LogP contribution in [0, 0.1) is 20.8 Å². The molecule has 0 N–H and O–H groups in total. The first-order valence-corrected chi connectivity index (χ1v) is 20.7. The maximum Gasteiger partial charge on any atom is 0.140 e. The van der Waals surface area contributed by atoms with Crippen molar-refractivity contribution in [1.82, 2.24) is 18.7 Å². The summed E-state index contributed by atoms with van der Waals surface area (Å²) in [6, 6.07) is 62.1. The van der Waals surface area contributed by atoms with E-state index in [0.29, 0.717) is 6.67 Å². The fourth-order valence-electron chi connectivity index (χ4n) is 10.2. The summed E-state index contributed by atoms with van der Waals surface area (Å²) in [6.07, 6.45) is 0. The van der Waals surface area contributed by atoms with Gasteiger partial charge in [-0.05, 0) is 98.6 Å². The van der Waals surface area contributed by atoms with Crippen LogP contribution in [0.4, 0.5) is 22.7 Å². The summed E-state index contributed by atoms with van der Waals surface area (Å²) in [5, 5.41) is 4.88. The molecule has 6 heteroatoms. The molecule has 1 aliphatic rings. The van der Waals surface area contributed by atoms with Crippen LogP contribution in [0.1, 0.15) is 16.7 Å². The lowest BCUT2D eigenvalue weighted by molar-refractivity contribution is 0.959. The number of hydrogen-bond acceptors (Lipinski definition) is 3. The van der Waals surface area contributed by atoms with E-state index in [9.17, 15) is 0 Å². The van der Waals surface area contributed by atoms with E-state index in [-0.39, 0.29) is 0 Å². The Labute approximate surface area is 348 Å². The van der Waals surface area contributed by atoms with Crippen molar-refractivity contribution in [2.24, 2.45) is 7.05 Å². The summed E-state index contributed by atoms with van der Waals surface area (Å²) in [5.41, 5.74) is 18.8. The Balaban J connectivity index is 1.14. The van der Waals surface area contributed by atoms with Crippen LogP contribution in [-0.4, -0.2) is 25.4 Å². The standard InChI is InChI=1S/C54H42N6/c1-34-29-35(2)51(36(3)30-34)58-33-57(48-23-12-13-24-49(48)58)39-17-14-18-40(32-39)60-50-31-37(54-55-45-20-9-11-22-47(45)56(54)4)25-26-42(50)44-28-27-43-41-19-8-10-21-46(41)59(52(43)53(44)60)38-15-6-5-7-16-38/h5-32H,33H2,1-4H3. The average Bonchev–Trinajstić information content (AvgIpc) is 4.01. The summed E-state index contributed by atoms with van der Waals surface area (Å²) in [4.78, 5) is 10.1. The van der Waals surface area contributed by atoms with Gasteiger partial charge >= 0.3 is 0 Å². The second kappa shape index (κ2) is 13.0. The van der Waals surface area contributed by atoms with Crippen molar-refractivity contribution >= 4 is 77.4 Å². The Morgan fingerprint density at radius 2 is 1.03 bits per heavy atom. The number of rotatable bonds is 5. The number of hydrogen-bond donors (Lipinski definition) is 0. The predicted octanol–water partition coefficient (Wildman–Crippen LogP) is 13.6. The van der Waals surface area contributed by atoms with E-state index < -0.39 is 0 Å². The van der Waals surface area contributed by atoms with E-state index in [2.05, 4.69) is 221 Å². The lowest BCUT2D eigenvalue weighted by atomic mass is 10.0. The number of fused-ring (bicyclic) bond motifs is 9. The van der Waals surface area contributed by atoms with E-state index in [0.717, 1.165) is 45.0 Å². The number of imidazole rings is 1. The minimum atomic E-state index is 0.712. The molecule has 12 rings (SSSR count). The number of aromatic nitrogens is 4. The zero-order chi connectivity index (χ0) is 40.2. The van der Waals surface area contributed by atoms with Crippen LogP contribution < -0.4 is 9.80 Å². The summed E-state index contributed by atoms with van der Waals surface area (Å²) in [5.74, 6) is 0.947. The molecule has 0 unspecified atom stereocenters. The van der Waals surface area contributed by atoms with Crippen molar-refractivity contribution < 1.29 is 0 Å². The number of aryl methyl sites for hydroxylation is 4. The molecule has 0 atom stereocenters. The van der Waals surface area contributed by atoms with Gasteiger partial charge in [-0.1, -0.05) is 109 Å². The van der Waals surface area contributed by atoms with Gasteiger partial charge in [0.15, 0.2) is 0 Å². The third-order valence-corrected chi connectivity index (χ3v) is 12.7. The topological polar surface area (TPSA) is 34.2 Å². The van der Waals surface area contributed by atoms with Crippen molar-refractivity contribution in [2.45, 2.75) is 20.8 Å². The molecule has 6 nitrogen and oxygen atoms in total. The van der Waals surface area contributed by atoms with Crippen molar-refractivity contribution in [3.05, 3.63) is 187 Å². The van der Waals surface area contributed by atoms with Crippen molar-refractivity contribution in [1.29, 1.82) is 0 Å². The van der Waals surface area contributed by atoms with Gasteiger partial charge in [-0.3, -0.25) is 0 Å². The number of anilines is 4. The van der Waals surface area contributed by atoms with E-state index in [1.54, 1.807) is 0 Å². The van der Waals surface area contributed by atoms with E-state index in [4.69, 9.17) is 4.98 Å². The minimum Gasteiger partial charge on any atom is -0.327 e. The number of nitrogens with zero attached hydrogens (tertiary/aromatic N) is 6. The number of benzene rings is 8. The lowest BCUT2D eigenvalue weighted by Gasteiger charge is -2.26. The summed E-state index contributed by atoms with van der Waals surface area (Å²) in [7, 11) is 2.12. The maximum absolute atomic E-state index is 5.15. The van der Waals surface area contributed by atoms with Crippen molar-refractivity contribution in [3.63, 3.8) is 0 Å². The van der Waals surface area contributed by atoms with E-state index >= 15 is 0 Å². The van der Waals surface area contributed by atoms with Gasteiger partial charge in [0.1, 0.15) is 12.5 Å². The Hall–Kier alpha value is -7.57. The molecule has 288 valence electrons. The van der Waals surface area contributed by atoms with Gasteiger partial charge in [0, 0.05) is 56.9 Å². The van der Waals surface area contributed by atoms with Crippen LogP contribution in [0.15, 0.2) is 170 Å². The Kier molecular flexibility index (Phi) is 7.45. The van der Waals surface area contributed by atoms with Gasteiger partial charge in [0.25, 0.3) is 0 Å². The predicted molar refractivity (Wildman–Crippen MR) is 251 cm³/mol. The average molecular weight is 775 g/mol. The van der Waals surface area contributed by atoms with E-state index in [1.807, 2.05) is 0 Å². The largest absolute Gasteiger partial charge is 0.327 e. The number of para-hydroxylation sites is 6. The molecule has 0 saturated heterocycles. The summed E-state index contributed by atoms with van der Waals surface area (Å²) in [6.45, 7) is 7.37. The second-order valence-electron chi connectivity index (χ2n) is 16.3. The third-order valence-electron chi connectivity index (χ3n) is 12.7. The first-order chi connectivity index (χ1) is 29.4. The fourth-order valence-corrected chi connectivity index (χ4v) is 10.2. The molecule has 8 aromatic carbocycles. The van der Waals surface area contributed by atoms with Gasteiger partial charge in [-0.25, -0.2) is 4.98 Å². The maximum atomic E-state index is 5.15. The van der Waals surface area contributed by atoms with Gasteiger partial charge in [-0.2, -0.15) is 0 Å². The van der Waals surface area contributed by atoms with Crippen molar-refractivity contribution in [3.8, 4) is 22.8 Å². The van der Waals surface area contributed by atoms with Crippen LogP contribution in [0.3, 0.4) is 0 Å². The molecule has 0 fully saturated rings. The van der Waals surface area contributed by atoms with Crippen LogP contribution >= 0.6 is 0 Å². The Bertz CT molecular complexity index is 3510. The molecule has 4 heterocycles. The van der Waals surface area contributed by atoms with Gasteiger partial charge in [0.2, 0.25) is 0 Å². The first kappa shape index (κ1) is 34.5. The summed E-state index contributed by atoms with van der Waals surface area (Å²) >= 11 is 0. The molecule has 3 aromatic heterocycles. The highest BCUT2D eigenvalue weighted by Gasteiger charge is 2.30. The molecule has 0 saturated carbocycles. The lowest BCUT2D eigenvalue weighted by Crippen LogP contribution is -2.25. The molecular weight excluding hydrogens is 733 g/mol. The zero-order valence-corrected chi connectivity index (χ0v) is 34.1. The van der Waals surface area contributed by atoms with Gasteiger partial charge in [0.05, 0.1) is 44.5 Å². The van der Waals surface area contributed by atoms with Crippen LogP contribution in [0.2, 0.25) is 0 Å². The molecular formula is C54H42N6. The summed E-state index contributed by atoms with van der Waals surface area (Å²) < 4.78 is 7.18. The normalized spacial score (nSPS) is 12.9. The molecule has 0 aliphatic carbocycles. The minimum absolute atomic E-state index is 0.712. The van der Waals surface area contributed by atoms with Crippen LogP contribution in [-0.2, 0) is 7.05 Å². The fraction of sp³-hybridized carbons (Fsp3) is 0.0926. The monoisotopic (exact) mass is 774 g/mol. The van der Waals surface area contributed by atoms with Crippen LogP contribution in [0.5, 0.6) is 0 Å². The van der Waals surface area contributed by atoms with Crippen molar-refractivity contribution in [2.75, 3.05) is 16.5 Å². The third kappa shape index (κ3) is 4.97. The smallest absolute Gasteiger partial charge is 0.140 e. The Morgan fingerprint density at radius 3 is 1.78 bits per heavy atom.